The minimum atomic E-state index is -4.19. The van der Waals surface area contributed by atoms with Crippen molar-refractivity contribution in [1.82, 2.24) is 4.31 Å². The maximum absolute atomic E-state index is 13.6. The molecule has 0 fully saturated rings. The summed E-state index contributed by atoms with van der Waals surface area (Å²) in [4.78, 5) is -0.724. The molecule has 0 bridgehead atoms. The summed E-state index contributed by atoms with van der Waals surface area (Å²) in [5.74, 6) is -2.25. The van der Waals surface area contributed by atoms with Crippen molar-refractivity contribution in [1.29, 1.82) is 0 Å². The van der Waals surface area contributed by atoms with Crippen LogP contribution < -0.4 is 5.73 Å². The van der Waals surface area contributed by atoms with Crippen molar-refractivity contribution in [2.24, 2.45) is 0 Å². The predicted octanol–water partition coefficient (Wildman–Crippen LogP) is 0.938. The summed E-state index contributed by atoms with van der Waals surface area (Å²) in [6.07, 6.45) is 0. The van der Waals surface area contributed by atoms with Crippen LogP contribution in [0.15, 0.2) is 17.0 Å². The number of rotatable bonds is 4. The van der Waals surface area contributed by atoms with Crippen LogP contribution in [-0.4, -0.2) is 37.0 Å². The molecule has 8 heteroatoms. The topological polar surface area (TPSA) is 83.6 Å². The van der Waals surface area contributed by atoms with E-state index < -0.39 is 37.8 Å². The van der Waals surface area contributed by atoms with Crippen LogP contribution >= 0.6 is 0 Å². The maximum atomic E-state index is 13.6. The highest BCUT2D eigenvalue weighted by atomic mass is 32.2. The standard InChI is InChI=1S/C11H16F2N2O3S/c1-11(2,16)6-15(3)19(17,18)10-5-9(14)7(12)4-8(10)13/h4-5,16H,6,14H2,1-3H3. The number of aliphatic hydroxyl groups is 1. The SMILES string of the molecule is CN(CC(C)(C)O)S(=O)(=O)c1cc(N)c(F)cc1F. The van der Waals surface area contributed by atoms with Gasteiger partial charge < -0.3 is 10.8 Å². The van der Waals surface area contributed by atoms with Gasteiger partial charge >= 0.3 is 0 Å². The molecular formula is C11H16F2N2O3S. The van der Waals surface area contributed by atoms with Gasteiger partial charge in [0.05, 0.1) is 11.3 Å². The van der Waals surface area contributed by atoms with E-state index in [0.29, 0.717) is 6.07 Å². The van der Waals surface area contributed by atoms with Crippen LogP contribution in [0.4, 0.5) is 14.5 Å². The molecule has 0 heterocycles. The number of sulfonamides is 1. The fraction of sp³-hybridized carbons (Fsp3) is 0.455. The monoisotopic (exact) mass is 294 g/mol. The third-order valence-electron chi connectivity index (χ3n) is 2.35. The van der Waals surface area contributed by atoms with Gasteiger partial charge in [-0.05, 0) is 19.9 Å². The van der Waals surface area contributed by atoms with Gasteiger partial charge in [-0.3, -0.25) is 0 Å². The van der Waals surface area contributed by atoms with Crippen molar-refractivity contribution in [2.45, 2.75) is 24.3 Å². The highest BCUT2D eigenvalue weighted by molar-refractivity contribution is 7.89. The lowest BCUT2D eigenvalue weighted by Gasteiger charge is -2.25. The molecule has 0 atom stereocenters. The van der Waals surface area contributed by atoms with Crippen LogP contribution in [-0.2, 0) is 10.0 Å². The first-order valence-electron chi connectivity index (χ1n) is 5.38. The fourth-order valence-corrected chi connectivity index (χ4v) is 2.94. The Labute approximate surface area is 110 Å². The van der Waals surface area contributed by atoms with Crippen LogP contribution in [0.5, 0.6) is 0 Å². The molecule has 0 aliphatic carbocycles. The molecule has 0 aliphatic rings. The molecule has 5 nitrogen and oxygen atoms in total. The van der Waals surface area contributed by atoms with Crippen molar-refractivity contribution in [2.75, 3.05) is 19.3 Å². The van der Waals surface area contributed by atoms with Crippen LogP contribution in [0.1, 0.15) is 13.8 Å². The Bertz CT molecular complexity index is 582. The number of benzene rings is 1. The van der Waals surface area contributed by atoms with Crippen LogP contribution in [0.25, 0.3) is 0 Å². The summed E-state index contributed by atoms with van der Waals surface area (Å²) in [5, 5.41) is 9.58. The smallest absolute Gasteiger partial charge is 0.245 e. The van der Waals surface area contributed by atoms with Gasteiger partial charge in [0.15, 0.2) is 0 Å². The Morgan fingerprint density at radius 3 is 2.32 bits per heavy atom. The summed E-state index contributed by atoms with van der Waals surface area (Å²) < 4.78 is 51.5. The summed E-state index contributed by atoms with van der Waals surface area (Å²) in [6, 6.07) is 1.14. The lowest BCUT2D eigenvalue weighted by Crippen LogP contribution is -2.40. The number of nitrogens with zero attached hydrogens (tertiary/aromatic N) is 1. The highest BCUT2D eigenvalue weighted by Gasteiger charge is 2.29. The second-order valence-corrected chi connectivity index (χ2v) is 6.89. The van der Waals surface area contributed by atoms with Crippen molar-refractivity contribution in [3.63, 3.8) is 0 Å². The summed E-state index contributed by atoms with van der Waals surface area (Å²) in [6.45, 7) is 2.58. The van der Waals surface area contributed by atoms with Crippen LogP contribution in [0.3, 0.4) is 0 Å². The van der Waals surface area contributed by atoms with E-state index in [2.05, 4.69) is 0 Å². The van der Waals surface area contributed by atoms with Gasteiger partial charge in [-0.1, -0.05) is 0 Å². The molecule has 0 aliphatic heterocycles. The molecular weight excluding hydrogens is 278 g/mol. The first-order valence-corrected chi connectivity index (χ1v) is 6.82. The molecule has 0 radical (unpaired) electrons. The number of halogens is 2. The quantitative estimate of drug-likeness (QED) is 0.809. The largest absolute Gasteiger partial charge is 0.396 e. The third-order valence-corrected chi connectivity index (χ3v) is 4.17. The Kier molecular flexibility index (Phi) is 4.18. The van der Waals surface area contributed by atoms with E-state index >= 15 is 0 Å². The van der Waals surface area contributed by atoms with E-state index in [0.717, 1.165) is 10.4 Å². The Hall–Kier alpha value is -1.25. The molecule has 3 N–H and O–H groups in total. The Morgan fingerprint density at radius 1 is 1.32 bits per heavy atom. The second-order valence-electron chi connectivity index (χ2n) is 4.88. The van der Waals surface area contributed by atoms with Gasteiger partial charge in [-0.15, -0.1) is 0 Å². The third kappa shape index (κ3) is 3.62. The predicted molar refractivity (Wildman–Crippen MR) is 66.9 cm³/mol. The molecule has 0 spiro atoms. The molecule has 0 saturated heterocycles. The van der Waals surface area contributed by atoms with Gasteiger partial charge in [0.1, 0.15) is 16.5 Å². The Morgan fingerprint density at radius 2 is 1.84 bits per heavy atom. The van der Waals surface area contributed by atoms with E-state index in [1.54, 1.807) is 0 Å². The number of hydrogen-bond acceptors (Lipinski definition) is 4. The van der Waals surface area contributed by atoms with Gasteiger partial charge in [0.25, 0.3) is 0 Å². The minimum Gasteiger partial charge on any atom is -0.396 e. The van der Waals surface area contributed by atoms with E-state index in [4.69, 9.17) is 5.73 Å². The van der Waals surface area contributed by atoms with Crippen molar-refractivity contribution in [3.8, 4) is 0 Å². The van der Waals surface area contributed by atoms with Gasteiger partial charge in [-0.25, -0.2) is 17.2 Å². The van der Waals surface area contributed by atoms with E-state index in [9.17, 15) is 22.3 Å². The maximum Gasteiger partial charge on any atom is 0.245 e. The second kappa shape index (κ2) is 5.03. The molecule has 0 amide bonds. The van der Waals surface area contributed by atoms with Crippen LogP contribution in [0.2, 0.25) is 0 Å². The molecule has 108 valence electrons. The normalized spacial score (nSPS) is 13.0. The van der Waals surface area contributed by atoms with E-state index in [1.165, 1.54) is 20.9 Å². The average molecular weight is 294 g/mol. The molecule has 0 unspecified atom stereocenters. The molecule has 1 aromatic carbocycles. The van der Waals surface area contributed by atoms with Crippen molar-refractivity contribution in [3.05, 3.63) is 23.8 Å². The zero-order chi connectivity index (χ0) is 15.0. The van der Waals surface area contributed by atoms with E-state index in [1.807, 2.05) is 0 Å². The minimum absolute atomic E-state index is 0.244. The first kappa shape index (κ1) is 15.8. The fourth-order valence-electron chi connectivity index (χ4n) is 1.54. The lowest BCUT2D eigenvalue weighted by atomic mass is 10.1. The molecule has 19 heavy (non-hydrogen) atoms. The summed E-state index contributed by atoms with van der Waals surface area (Å²) >= 11 is 0. The zero-order valence-corrected chi connectivity index (χ0v) is 11.6. The average Bonchev–Trinajstić information content (AvgIpc) is 2.20. The number of anilines is 1. The van der Waals surface area contributed by atoms with Crippen molar-refractivity contribution >= 4 is 15.7 Å². The number of nitrogen functional groups attached to an aromatic ring is 1. The lowest BCUT2D eigenvalue weighted by molar-refractivity contribution is 0.0639. The molecule has 1 rings (SSSR count). The molecule has 0 saturated carbocycles. The van der Waals surface area contributed by atoms with Crippen molar-refractivity contribution < 1.29 is 22.3 Å². The summed E-state index contributed by atoms with van der Waals surface area (Å²) in [7, 11) is -3.00. The summed E-state index contributed by atoms with van der Waals surface area (Å²) in [5.41, 5.74) is 3.49. The first-order chi connectivity index (χ1) is 8.45. The molecule has 1 aromatic rings. The number of likely N-dealkylation sites (N-methyl/N-ethyl adjacent to an activating group) is 1. The number of hydrogen-bond donors (Lipinski definition) is 2. The van der Waals surface area contributed by atoms with Crippen LogP contribution in [0, 0.1) is 11.6 Å². The van der Waals surface area contributed by atoms with Gasteiger partial charge in [-0.2, -0.15) is 4.31 Å². The Balaban J connectivity index is 3.25. The molecule has 0 aromatic heterocycles. The van der Waals surface area contributed by atoms with Gasteiger partial charge in [0, 0.05) is 19.7 Å². The van der Waals surface area contributed by atoms with E-state index in [-0.39, 0.29) is 6.54 Å². The zero-order valence-electron chi connectivity index (χ0n) is 10.8. The highest BCUT2D eigenvalue weighted by Crippen LogP contribution is 2.24. The number of nitrogens with two attached hydrogens (primary N) is 1. The van der Waals surface area contributed by atoms with Gasteiger partial charge in [0.2, 0.25) is 10.0 Å².